The Bertz CT molecular complexity index is 1110. The number of terminal acetylenes is 1. The molecule has 29 heavy (non-hydrogen) atoms. The summed E-state index contributed by atoms with van der Waals surface area (Å²) in [5, 5.41) is 5.45. The van der Waals surface area contributed by atoms with E-state index in [0.717, 1.165) is 12.0 Å². The minimum atomic E-state index is -0.323. The molecule has 1 fully saturated rings. The summed E-state index contributed by atoms with van der Waals surface area (Å²) in [6.07, 6.45) is 7.38. The van der Waals surface area contributed by atoms with E-state index in [4.69, 9.17) is 26.7 Å². The number of methoxy groups -OCH3 is 2. The predicted molar refractivity (Wildman–Crippen MR) is 107 cm³/mol. The number of benzene rings is 1. The average Bonchev–Trinajstić information content (AvgIpc) is 3.38. The number of anilines is 1. The van der Waals surface area contributed by atoms with Crippen molar-refractivity contribution in [3.63, 3.8) is 0 Å². The van der Waals surface area contributed by atoms with Crippen LogP contribution in [0.2, 0.25) is 0 Å². The first-order valence-corrected chi connectivity index (χ1v) is 9.03. The Balaban J connectivity index is 1.85. The fourth-order valence-electron chi connectivity index (χ4n) is 3.61. The zero-order valence-electron chi connectivity index (χ0n) is 16.1. The molecular weight excluding hydrogens is 372 g/mol. The van der Waals surface area contributed by atoms with Crippen LogP contribution in [-0.4, -0.2) is 57.9 Å². The van der Waals surface area contributed by atoms with Crippen molar-refractivity contribution >= 4 is 22.8 Å². The van der Waals surface area contributed by atoms with Gasteiger partial charge in [0.1, 0.15) is 29.3 Å². The second-order valence-electron chi connectivity index (χ2n) is 6.69. The number of ether oxygens (including phenoxy) is 2. The molecule has 0 spiro atoms. The van der Waals surface area contributed by atoms with Gasteiger partial charge < -0.3 is 20.1 Å². The average molecular weight is 392 g/mol. The Kier molecular flexibility index (Phi) is 4.68. The topological polar surface area (TPSA) is 108 Å². The van der Waals surface area contributed by atoms with Gasteiger partial charge in [-0.25, -0.2) is 14.6 Å². The first kappa shape index (κ1) is 18.6. The maximum atomic E-state index is 11.9. The van der Waals surface area contributed by atoms with Crippen molar-refractivity contribution < 1.29 is 14.3 Å². The summed E-state index contributed by atoms with van der Waals surface area (Å²) in [6.45, 7) is 1.03. The lowest BCUT2D eigenvalue weighted by Gasteiger charge is -2.13. The normalized spacial score (nSPS) is 16.0. The minimum absolute atomic E-state index is 0.0645. The van der Waals surface area contributed by atoms with Gasteiger partial charge in [0.2, 0.25) is 0 Å². The Morgan fingerprint density at radius 1 is 1.24 bits per heavy atom. The molecule has 0 aliphatic carbocycles. The molecule has 3 aromatic rings. The quantitative estimate of drug-likeness (QED) is 0.670. The van der Waals surface area contributed by atoms with Crippen molar-refractivity contribution in [3.05, 3.63) is 24.5 Å². The molecule has 2 aromatic heterocycles. The van der Waals surface area contributed by atoms with Gasteiger partial charge in [-0.2, -0.15) is 5.10 Å². The molecule has 0 saturated carbocycles. The van der Waals surface area contributed by atoms with Crippen LogP contribution in [-0.2, 0) is 4.79 Å². The molecule has 2 N–H and O–H groups in total. The van der Waals surface area contributed by atoms with Gasteiger partial charge in [0, 0.05) is 24.7 Å². The van der Waals surface area contributed by atoms with Crippen LogP contribution in [0.5, 0.6) is 11.5 Å². The molecular formula is C20H20N6O3. The summed E-state index contributed by atoms with van der Waals surface area (Å²) in [6, 6.07) is 5.42. The van der Waals surface area contributed by atoms with E-state index < -0.39 is 0 Å². The number of likely N-dealkylation sites (tertiary alicyclic amines) is 1. The Morgan fingerprint density at radius 2 is 1.97 bits per heavy atom. The lowest BCUT2D eigenvalue weighted by molar-refractivity contribution is -0.124. The number of hydrogen-bond donors (Lipinski definition) is 1. The van der Waals surface area contributed by atoms with Crippen molar-refractivity contribution in [2.24, 2.45) is 0 Å². The Morgan fingerprint density at radius 3 is 2.62 bits per heavy atom. The highest BCUT2D eigenvalue weighted by Crippen LogP contribution is 2.36. The third-order valence-corrected chi connectivity index (χ3v) is 5.06. The third-order valence-electron chi connectivity index (χ3n) is 5.06. The fraction of sp³-hybridized carbons (Fsp3) is 0.300. The highest BCUT2D eigenvalue weighted by molar-refractivity contribution is 5.98. The number of nitrogens with zero attached hydrogens (tertiary/aromatic N) is 5. The highest BCUT2D eigenvalue weighted by atomic mass is 16.5. The van der Waals surface area contributed by atoms with Crippen LogP contribution in [0.4, 0.5) is 5.82 Å². The zero-order chi connectivity index (χ0) is 20.5. The molecule has 0 radical (unpaired) electrons. The van der Waals surface area contributed by atoms with Crippen molar-refractivity contribution in [1.82, 2.24) is 24.6 Å². The zero-order valence-corrected chi connectivity index (χ0v) is 16.1. The summed E-state index contributed by atoms with van der Waals surface area (Å²) in [7, 11) is 3.17. The number of hydrogen-bond acceptors (Lipinski definition) is 7. The van der Waals surface area contributed by atoms with Crippen LogP contribution in [0.3, 0.4) is 0 Å². The van der Waals surface area contributed by atoms with E-state index in [1.807, 2.05) is 12.1 Å². The summed E-state index contributed by atoms with van der Waals surface area (Å²) in [5.74, 6) is 3.43. The molecule has 1 aliphatic heterocycles. The summed E-state index contributed by atoms with van der Waals surface area (Å²) < 4.78 is 12.6. The Hall–Kier alpha value is -3.80. The van der Waals surface area contributed by atoms with Crippen molar-refractivity contribution in [3.8, 4) is 35.1 Å². The number of carbonyl (C=O) groups is 1. The molecule has 4 rings (SSSR count). The van der Waals surface area contributed by atoms with E-state index in [-0.39, 0.29) is 11.9 Å². The van der Waals surface area contributed by atoms with Gasteiger partial charge in [-0.05, 0) is 24.5 Å². The number of rotatable bonds is 4. The SMILES string of the molecule is C#CC(=O)N1CC[C@H](n2nc(-c3cc(OC)cc(OC)c3)c3c(N)ncnc32)C1. The van der Waals surface area contributed by atoms with Crippen LogP contribution in [0, 0.1) is 12.3 Å². The number of nitrogen functional groups attached to an aromatic ring is 1. The molecule has 1 aliphatic rings. The Labute approximate surface area is 167 Å². The van der Waals surface area contributed by atoms with Gasteiger partial charge in [-0.1, -0.05) is 0 Å². The molecule has 9 nitrogen and oxygen atoms in total. The van der Waals surface area contributed by atoms with Crippen molar-refractivity contribution in [1.29, 1.82) is 0 Å². The summed E-state index contributed by atoms with van der Waals surface area (Å²) >= 11 is 0. The van der Waals surface area contributed by atoms with E-state index >= 15 is 0 Å². The van der Waals surface area contributed by atoms with Crippen LogP contribution in [0.25, 0.3) is 22.3 Å². The van der Waals surface area contributed by atoms with Crippen LogP contribution in [0.1, 0.15) is 12.5 Å². The number of nitrogens with two attached hydrogens (primary N) is 1. The standard InChI is InChI=1S/C20H20N6O3/c1-4-16(27)25-6-5-13(10-25)26-20-17(19(21)22-11-23-20)18(24-26)12-7-14(28-2)9-15(8-12)29-3/h1,7-9,11,13H,5-6,10H2,2-3H3,(H2,21,22,23)/t13-/m0/s1. The number of fused-ring (bicyclic) bond motifs is 1. The van der Waals surface area contributed by atoms with Gasteiger partial charge in [-0.15, -0.1) is 6.42 Å². The smallest absolute Gasteiger partial charge is 0.298 e. The van der Waals surface area contributed by atoms with E-state index in [2.05, 4.69) is 15.9 Å². The number of amides is 1. The van der Waals surface area contributed by atoms with Crippen LogP contribution in [0.15, 0.2) is 24.5 Å². The molecule has 1 amide bonds. The molecule has 148 valence electrons. The third kappa shape index (κ3) is 3.18. The molecule has 1 atom stereocenters. The summed E-state index contributed by atoms with van der Waals surface area (Å²) in [5.41, 5.74) is 8.18. The molecule has 3 heterocycles. The van der Waals surface area contributed by atoms with E-state index in [9.17, 15) is 4.79 Å². The fourth-order valence-corrected chi connectivity index (χ4v) is 3.61. The lowest BCUT2D eigenvalue weighted by atomic mass is 10.1. The van der Waals surface area contributed by atoms with Crippen LogP contribution < -0.4 is 15.2 Å². The van der Waals surface area contributed by atoms with E-state index in [1.54, 1.807) is 29.9 Å². The first-order chi connectivity index (χ1) is 14.0. The maximum Gasteiger partial charge on any atom is 0.298 e. The van der Waals surface area contributed by atoms with Crippen LogP contribution >= 0.6 is 0 Å². The largest absolute Gasteiger partial charge is 0.497 e. The van der Waals surface area contributed by atoms with E-state index in [1.165, 1.54) is 6.33 Å². The number of carbonyl (C=O) groups excluding carboxylic acids is 1. The monoisotopic (exact) mass is 392 g/mol. The van der Waals surface area contributed by atoms with Gasteiger partial charge in [-0.3, -0.25) is 4.79 Å². The van der Waals surface area contributed by atoms with Gasteiger partial charge in [0.15, 0.2) is 5.65 Å². The maximum absolute atomic E-state index is 11.9. The van der Waals surface area contributed by atoms with Gasteiger partial charge >= 0.3 is 0 Å². The molecule has 0 unspecified atom stereocenters. The second kappa shape index (κ2) is 7.31. The molecule has 1 aromatic carbocycles. The second-order valence-corrected chi connectivity index (χ2v) is 6.69. The van der Waals surface area contributed by atoms with E-state index in [0.29, 0.717) is 47.1 Å². The first-order valence-electron chi connectivity index (χ1n) is 9.03. The van der Waals surface area contributed by atoms with Crippen molar-refractivity contribution in [2.45, 2.75) is 12.5 Å². The number of aromatic nitrogens is 4. The highest BCUT2D eigenvalue weighted by Gasteiger charge is 2.30. The van der Waals surface area contributed by atoms with Gasteiger partial charge in [0.25, 0.3) is 5.91 Å². The van der Waals surface area contributed by atoms with Crippen molar-refractivity contribution in [2.75, 3.05) is 33.0 Å². The molecule has 9 heteroatoms. The minimum Gasteiger partial charge on any atom is -0.497 e. The summed E-state index contributed by atoms with van der Waals surface area (Å²) in [4.78, 5) is 22.0. The predicted octanol–water partition coefficient (Wildman–Crippen LogP) is 1.50. The molecule has 1 saturated heterocycles. The molecule has 0 bridgehead atoms. The lowest BCUT2D eigenvalue weighted by Crippen LogP contribution is -2.27. The van der Waals surface area contributed by atoms with Gasteiger partial charge in [0.05, 0.1) is 25.6 Å².